The van der Waals surface area contributed by atoms with Crippen LogP contribution in [0.5, 0.6) is 5.88 Å². The molecule has 0 amide bonds. The summed E-state index contributed by atoms with van der Waals surface area (Å²) in [5.41, 5.74) is 3.96. The van der Waals surface area contributed by atoms with Gasteiger partial charge in [0.05, 0.1) is 29.9 Å². The van der Waals surface area contributed by atoms with Crippen molar-refractivity contribution in [3.8, 4) is 11.9 Å². The van der Waals surface area contributed by atoms with Crippen LogP contribution in [-0.2, 0) is 0 Å². The normalized spacial score (nSPS) is 17.0. The van der Waals surface area contributed by atoms with Crippen LogP contribution < -0.4 is 15.4 Å². The summed E-state index contributed by atoms with van der Waals surface area (Å²) in [5, 5.41) is 16.2. The van der Waals surface area contributed by atoms with E-state index < -0.39 is 0 Å². The Morgan fingerprint density at radius 3 is 2.70 bits per heavy atom. The lowest BCUT2D eigenvalue weighted by Gasteiger charge is -2.34. The monoisotopic (exact) mass is 462 g/mol. The van der Waals surface area contributed by atoms with Gasteiger partial charge in [-0.15, -0.1) is 0 Å². The van der Waals surface area contributed by atoms with Gasteiger partial charge in [0.15, 0.2) is 0 Å². The summed E-state index contributed by atoms with van der Waals surface area (Å²) >= 11 is 3.45. The van der Waals surface area contributed by atoms with Crippen molar-refractivity contribution in [2.24, 2.45) is 0 Å². The number of fused-ring (bicyclic) bond motifs is 1. The van der Waals surface area contributed by atoms with Crippen molar-refractivity contribution >= 4 is 21.6 Å². The number of benzene rings is 2. The van der Waals surface area contributed by atoms with E-state index in [9.17, 15) is 0 Å². The molecule has 0 saturated carbocycles. The van der Waals surface area contributed by atoms with E-state index >= 15 is 0 Å². The first-order valence-electron chi connectivity index (χ1n) is 9.98. The Hall–Kier alpha value is -2.88. The van der Waals surface area contributed by atoms with Gasteiger partial charge in [-0.3, -0.25) is 0 Å². The van der Waals surface area contributed by atoms with E-state index in [1.165, 1.54) is 11.1 Å². The second kappa shape index (κ2) is 9.29. The maximum atomic E-state index is 9.01. The number of hydrogen-bond acceptors (Lipinski definition) is 5. The molecule has 1 aliphatic rings. The number of nitriles is 1. The van der Waals surface area contributed by atoms with Crippen LogP contribution in [0, 0.1) is 11.3 Å². The largest absolute Gasteiger partial charge is 0.469 e. The second-order valence-electron chi connectivity index (χ2n) is 7.47. The van der Waals surface area contributed by atoms with Gasteiger partial charge < -0.3 is 15.4 Å². The van der Waals surface area contributed by atoms with Crippen LogP contribution in [0.2, 0.25) is 0 Å². The van der Waals surface area contributed by atoms with Gasteiger partial charge in [-0.05, 0) is 51.2 Å². The molecule has 0 fully saturated rings. The molecule has 3 atom stereocenters. The average Bonchev–Trinajstić information content (AvgIpc) is 2.80. The SMILES string of the molecule is C[C@@H](CN[C@H](c1ccccc1)[C@@H]1CNc2cc(Br)cnc2O1)c1ccc(C#N)cc1. The Labute approximate surface area is 185 Å². The number of aromatic nitrogens is 1. The van der Waals surface area contributed by atoms with Crippen molar-refractivity contribution in [3.63, 3.8) is 0 Å². The molecule has 0 bridgehead atoms. The summed E-state index contributed by atoms with van der Waals surface area (Å²) in [4.78, 5) is 4.42. The zero-order valence-corrected chi connectivity index (χ0v) is 18.3. The topological polar surface area (TPSA) is 70.0 Å². The summed E-state index contributed by atoms with van der Waals surface area (Å²) < 4.78 is 7.20. The highest BCUT2D eigenvalue weighted by Gasteiger charge is 2.30. The fraction of sp³-hybridized carbons (Fsp3) is 0.250. The molecule has 2 aromatic carbocycles. The predicted molar refractivity (Wildman–Crippen MR) is 122 cm³/mol. The minimum Gasteiger partial charge on any atom is -0.469 e. The maximum Gasteiger partial charge on any atom is 0.237 e. The highest BCUT2D eigenvalue weighted by Crippen LogP contribution is 2.33. The Morgan fingerprint density at radius 1 is 1.20 bits per heavy atom. The third kappa shape index (κ3) is 4.64. The van der Waals surface area contributed by atoms with Crippen molar-refractivity contribution < 1.29 is 4.74 Å². The first kappa shape index (κ1) is 20.4. The lowest BCUT2D eigenvalue weighted by Crippen LogP contribution is -2.43. The van der Waals surface area contributed by atoms with E-state index in [0.717, 1.165) is 16.7 Å². The lowest BCUT2D eigenvalue weighted by atomic mass is 9.96. The molecular formula is C24H23BrN4O. The fourth-order valence-electron chi connectivity index (χ4n) is 3.66. The van der Waals surface area contributed by atoms with Crippen LogP contribution in [0.3, 0.4) is 0 Å². The number of nitrogens with one attached hydrogen (secondary N) is 2. The number of halogens is 1. The van der Waals surface area contributed by atoms with Gasteiger partial charge in [-0.1, -0.05) is 49.4 Å². The van der Waals surface area contributed by atoms with Crippen LogP contribution in [0.1, 0.15) is 35.6 Å². The first-order chi connectivity index (χ1) is 14.6. The van der Waals surface area contributed by atoms with E-state index in [4.69, 9.17) is 10.00 Å². The molecule has 0 saturated heterocycles. The molecule has 2 N–H and O–H groups in total. The number of hydrogen-bond donors (Lipinski definition) is 2. The molecule has 0 aliphatic carbocycles. The number of anilines is 1. The van der Waals surface area contributed by atoms with E-state index in [1.807, 2.05) is 48.5 Å². The number of rotatable bonds is 6. The van der Waals surface area contributed by atoms with Crippen molar-refractivity contribution in [2.45, 2.75) is 25.0 Å². The molecular weight excluding hydrogens is 440 g/mol. The van der Waals surface area contributed by atoms with Gasteiger partial charge in [-0.2, -0.15) is 5.26 Å². The van der Waals surface area contributed by atoms with Crippen LogP contribution in [-0.4, -0.2) is 24.2 Å². The zero-order valence-electron chi connectivity index (χ0n) is 16.7. The molecule has 2 heterocycles. The predicted octanol–water partition coefficient (Wildman–Crippen LogP) is 5.02. The van der Waals surface area contributed by atoms with E-state index in [2.05, 4.69) is 56.7 Å². The standard InChI is InChI=1S/C24H23BrN4O/c1-16(18-9-7-17(12-26)8-10-18)13-28-23(19-5-3-2-4-6-19)22-15-27-21-11-20(25)14-29-24(21)30-22/h2-11,14,16,22-23,27-28H,13,15H2,1H3/t16-,22-,23+/m0/s1. The van der Waals surface area contributed by atoms with E-state index in [1.54, 1.807) is 6.20 Å². The van der Waals surface area contributed by atoms with Crippen LogP contribution >= 0.6 is 15.9 Å². The Kier molecular flexibility index (Phi) is 6.32. The first-order valence-corrected chi connectivity index (χ1v) is 10.8. The molecule has 1 aliphatic heterocycles. The molecule has 1 aromatic heterocycles. The Balaban J connectivity index is 1.51. The highest BCUT2D eigenvalue weighted by atomic mass is 79.9. The molecule has 6 heteroatoms. The summed E-state index contributed by atoms with van der Waals surface area (Å²) in [5.74, 6) is 0.916. The minimum atomic E-state index is -0.0956. The van der Waals surface area contributed by atoms with Crippen molar-refractivity contribution in [2.75, 3.05) is 18.4 Å². The Bertz CT molecular complexity index is 1030. The zero-order chi connectivity index (χ0) is 20.9. The fourth-order valence-corrected chi connectivity index (χ4v) is 3.99. The summed E-state index contributed by atoms with van der Waals surface area (Å²) in [6.07, 6.45) is 1.66. The number of pyridine rings is 1. The summed E-state index contributed by atoms with van der Waals surface area (Å²) in [6, 6.07) is 22.3. The van der Waals surface area contributed by atoms with Gasteiger partial charge in [0.2, 0.25) is 5.88 Å². The molecule has 0 radical (unpaired) electrons. The third-order valence-corrected chi connectivity index (χ3v) is 5.79. The van der Waals surface area contributed by atoms with Crippen molar-refractivity contribution in [3.05, 3.63) is 88.0 Å². The van der Waals surface area contributed by atoms with Gasteiger partial charge in [-0.25, -0.2) is 4.98 Å². The average molecular weight is 463 g/mol. The molecule has 3 aromatic rings. The summed E-state index contributed by atoms with van der Waals surface area (Å²) in [6.45, 7) is 3.65. The van der Waals surface area contributed by atoms with E-state index in [-0.39, 0.29) is 12.1 Å². The molecule has 0 unspecified atom stereocenters. The van der Waals surface area contributed by atoms with Crippen LogP contribution in [0.15, 0.2) is 71.3 Å². The van der Waals surface area contributed by atoms with Gasteiger partial charge in [0.25, 0.3) is 0 Å². The smallest absolute Gasteiger partial charge is 0.237 e. The quantitative estimate of drug-likeness (QED) is 0.537. The van der Waals surface area contributed by atoms with Crippen molar-refractivity contribution in [1.29, 1.82) is 5.26 Å². The van der Waals surface area contributed by atoms with E-state index in [0.29, 0.717) is 23.9 Å². The number of nitrogens with zero attached hydrogens (tertiary/aromatic N) is 2. The molecule has 0 spiro atoms. The van der Waals surface area contributed by atoms with Gasteiger partial charge >= 0.3 is 0 Å². The van der Waals surface area contributed by atoms with Gasteiger partial charge in [0.1, 0.15) is 6.10 Å². The minimum absolute atomic E-state index is 0.0122. The van der Waals surface area contributed by atoms with Crippen LogP contribution in [0.4, 0.5) is 5.69 Å². The number of ether oxygens (including phenoxy) is 1. The maximum absolute atomic E-state index is 9.01. The Morgan fingerprint density at radius 2 is 1.97 bits per heavy atom. The highest BCUT2D eigenvalue weighted by molar-refractivity contribution is 9.10. The molecule has 4 rings (SSSR count). The molecule has 152 valence electrons. The van der Waals surface area contributed by atoms with Crippen molar-refractivity contribution in [1.82, 2.24) is 10.3 Å². The third-order valence-electron chi connectivity index (χ3n) is 5.36. The van der Waals surface area contributed by atoms with Gasteiger partial charge in [0, 0.05) is 17.2 Å². The van der Waals surface area contributed by atoms with Crippen LogP contribution in [0.25, 0.3) is 0 Å². The lowest BCUT2D eigenvalue weighted by molar-refractivity contribution is 0.149. The molecule has 5 nitrogen and oxygen atoms in total. The molecule has 30 heavy (non-hydrogen) atoms. The summed E-state index contributed by atoms with van der Waals surface area (Å²) in [7, 11) is 0. The second-order valence-corrected chi connectivity index (χ2v) is 8.39.